The van der Waals surface area contributed by atoms with E-state index < -0.39 is 0 Å². The lowest BCUT2D eigenvalue weighted by Gasteiger charge is -2.32. The molecule has 0 aromatic carbocycles. The van der Waals surface area contributed by atoms with E-state index >= 15 is 0 Å². The van der Waals surface area contributed by atoms with Crippen molar-refractivity contribution in [1.29, 1.82) is 0 Å². The number of aromatic amines is 1. The van der Waals surface area contributed by atoms with Crippen LogP contribution in [0.3, 0.4) is 0 Å². The highest BCUT2D eigenvalue weighted by atomic mass is 16.3. The quantitative estimate of drug-likeness (QED) is 0.820. The fourth-order valence-electron chi connectivity index (χ4n) is 3.34. The van der Waals surface area contributed by atoms with Crippen LogP contribution in [0.2, 0.25) is 0 Å². The van der Waals surface area contributed by atoms with Crippen LogP contribution in [0.4, 0.5) is 0 Å². The Labute approximate surface area is 157 Å². The Hall–Kier alpha value is -2.90. The van der Waals surface area contributed by atoms with E-state index in [0.717, 1.165) is 12.8 Å². The highest BCUT2D eigenvalue weighted by molar-refractivity contribution is 5.91. The number of hydrogen-bond acceptors (Lipinski definition) is 5. The highest BCUT2D eigenvalue weighted by Crippen LogP contribution is 2.17. The Morgan fingerprint density at radius 3 is 2.70 bits per heavy atom. The molecule has 1 saturated heterocycles. The summed E-state index contributed by atoms with van der Waals surface area (Å²) in [6, 6.07) is 3.30. The summed E-state index contributed by atoms with van der Waals surface area (Å²) in [4.78, 5) is 45.2. The van der Waals surface area contributed by atoms with Gasteiger partial charge in [-0.3, -0.25) is 14.4 Å². The molecule has 0 aliphatic carbocycles. The lowest BCUT2D eigenvalue weighted by molar-refractivity contribution is -0.131. The van der Waals surface area contributed by atoms with Crippen molar-refractivity contribution in [3.05, 3.63) is 51.6 Å². The molecule has 8 heteroatoms. The monoisotopic (exact) mass is 372 g/mol. The van der Waals surface area contributed by atoms with Gasteiger partial charge in [-0.05, 0) is 44.7 Å². The number of rotatable bonds is 5. The predicted molar refractivity (Wildman–Crippen MR) is 98.4 cm³/mol. The number of amides is 2. The van der Waals surface area contributed by atoms with E-state index in [0.29, 0.717) is 48.4 Å². The van der Waals surface area contributed by atoms with E-state index in [1.807, 2.05) is 0 Å². The number of nitrogens with one attached hydrogen (secondary N) is 2. The van der Waals surface area contributed by atoms with Crippen molar-refractivity contribution in [2.24, 2.45) is 5.92 Å². The topological polar surface area (TPSA) is 108 Å². The first-order chi connectivity index (χ1) is 12.9. The van der Waals surface area contributed by atoms with E-state index in [2.05, 4.69) is 15.3 Å². The van der Waals surface area contributed by atoms with Crippen molar-refractivity contribution in [3.8, 4) is 0 Å². The Bertz CT molecular complexity index is 864. The van der Waals surface area contributed by atoms with Gasteiger partial charge >= 0.3 is 0 Å². The van der Waals surface area contributed by atoms with Gasteiger partial charge in [0.05, 0.1) is 12.7 Å². The maximum Gasteiger partial charge on any atom is 0.286 e. The minimum absolute atomic E-state index is 0.0627. The zero-order valence-corrected chi connectivity index (χ0v) is 15.6. The van der Waals surface area contributed by atoms with Crippen LogP contribution in [0.15, 0.2) is 27.6 Å². The number of nitrogens with zero attached hydrogens (tertiary/aromatic N) is 2. The van der Waals surface area contributed by atoms with E-state index in [4.69, 9.17) is 4.42 Å². The largest absolute Gasteiger partial charge is 0.459 e. The van der Waals surface area contributed by atoms with Crippen molar-refractivity contribution >= 4 is 11.8 Å². The highest BCUT2D eigenvalue weighted by Gasteiger charge is 2.24. The number of H-pyrrole nitrogens is 1. The SMILES string of the molecule is Cc1nc(C)c(CC(=O)N2CCC(CNC(=O)c3ccco3)CC2)c(=O)[nH]1. The number of hydrogen-bond donors (Lipinski definition) is 2. The van der Waals surface area contributed by atoms with E-state index in [1.165, 1.54) is 6.26 Å². The van der Waals surface area contributed by atoms with Crippen LogP contribution in [0.1, 0.15) is 40.5 Å². The van der Waals surface area contributed by atoms with Gasteiger partial charge in [-0.2, -0.15) is 0 Å². The van der Waals surface area contributed by atoms with E-state index in [-0.39, 0.29) is 23.8 Å². The van der Waals surface area contributed by atoms with Crippen molar-refractivity contribution in [2.45, 2.75) is 33.1 Å². The van der Waals surface area contributed by atoms with Crippen LogP contribution in [0.25, 0.3) is 0 Å². The second-order valence-corrected chi connectivity index (χ2v) is 6.90. The van der Waals surface area contributed by atoms with Crippen molar-refractivity contribution in [3.63, 3.8) is 0 Å². The van der Waals surface area contributed by atoms with Gasteiger partial charge in [-0.25, -0.2) is 4.98 Å². The molecule has 2 aromatic rings. The minimum Gasteiger partial charge on any atom is -0.459 e. The molecule has 1 aliphatic rings. The van der Waals surface area contributed by atoms with Gasteiger partial charge in [0.2, 0.25) is 5.91 Å². The van der Waals surface area contributed by atoms with Crippen molar-refractivity contribution < 1.29 is 14.0 Å². The van der Waals surface area contributed by atoms with Gasteiger partial charge < -0.3 is 19.6 Å². The molecule has 144 valence electrons. The summed E-state index contributed by atoms with van der Waals surface area (Å²) in [7, 11) is 0. The van der Waals surface area contributed by atoms with Gasteiger partial charge in [-0.15, -0.1) is 0 Å². The second-order valence-electron chi connectivity index (χ2n) is 6.90. The zero-order valence-electron chi connectivity index (χ0n) is 15.6. The average Bonchev–Trinajstić information content (AvgIpc) is 3.17. The second kappa shape index (κ2) is 8.20. The maximum atomic E-state index is 12.5. The molecule has 8 nitrogen and oxygen atoms in total. The fourth-order valence-corrected chi connectivity index (χ4v) is 3.34. The number of aryl methyl sites for hydroxylation is 2. The molecule has 0 saturated carbocycles. The Balaban J connectivity index is 1.48. The fraction of sp³-hybridized carbons (Fsp3) is 0.474. The van der Waals surface area contributed by atoms with E-state index in [9.17, 15) is 14.4 Å². The molecule has 2 amide bonds. The maximum absolute atomic E-state index is 12.5. The number of piperidine rings is 1. The average molecular weight is 372 g/mol. The summed E-state index contributed by atoms with van der Waals surface area (Å²) < 4.78 is 5.07. The van der Waals surface area contributed by atoms with Crippen LogP contribution in [0.5, 0.6) is 0 Å². The van der Waals surface area contributed by atoms with E-state index in [1.54, 1.807) is 30.9 Å². The standard InChI is InChI=1S/C19H24N4O4/c1-12-15(18(25)22-13(2)21-12)10-17(24)23-7-5-14(6-8-23)11-20-19(26)16-4-3-9-27-16/h3-4,9,14H,5-8,10-11H2,1-2H3,(H,20,26)(H,21,22,25). The van der Waals surface area contributed by atoms with Crippen LogP contribution >= 0.6 is 0 Å². The first-order valence-electron chi connectivity index (χ1n) is 9.10. The zero-order chi connectivity index (χ0) is 19.4. The van der Waals surface area contributed by atoms with Gasteiger partial charge in [0.15, 0.2) is 5.76 Å². The summed E-state index contributed by atoms with van der Waals surface area (Å²) in [5.74, 6) is 0.882. The van der Waals surface area contributed by atoms with Crippen LogP contribution < -0.4 is 10.9 Å². The first-order valence-corrected chi connectivity index (χ1v) is 9.10. The lowest BCUT2D eigenvalue weighted by atomic mass is 9.96. The predicted octanol–water partition coefficient (Wildman–Crippen LogP) is 1.19. The first kappa shape index (κ1) is 18.9. The molecule has 0 radical (unpaired) electrons. The molecular weight excluding hydrogens is 348 g/mol. The summed E-state index contributed by atoms with van der Waals surface area (Å²) in [5, 5.41) is 2.87. The van der Waals surface area contributed by atoms with Gasteiger partial charge in [0.25, 0.3) is 11.5 Å². The Morgan fingerprint density at radius 1 is 1.33 bits per heavy atom. The molecule has 1 aliphatic heterocycles. The summed E-state index contributed by atoms with van der Waals surface area (Å²) >= 11 is 0. The van der Waals surface area contributed by atoms with Crippen LogP contribution in [0, 0.1) is 19.8 Å². The van der Waals surface area contributed by atoms with Gasteiger partial charge in [-0.1, -0.05) is 0 Å². The normalized spacial score (nSPS) is 15.0. The number of carbonyl (C=O) groups excluding carboxylic acids is 2. The molecule has 2 aromatic heterocycles. The van der Waals surface area contributed by atoms with Crippen LogP contribution in [-0.4, -0.2) is 46.3 Å². The molecular formula is C19H24N4O4. The smallest absolute Gasteiger partial charge is 0.286 e. The molecule has 0 bridgehead atoms. The molecule has 27 heavy (non-hydrogen) atoms. The van der Waals surface area contributed by atoms with Crippen molar-refractivity contribution in [1.82, 2.24) is 20.2 Å². The summed E-state index contributed by atoms with van der Waals surface area (Å²) in [6.45, 7) is 5.27. The summed E-state index contributed by atoms with van der Waals surface area (Å²) in [6.07, 6.45) is 3.15. The molecule has 3 rings (SSSR count). The van der Waals surface area contributed by atoms with Gasteiger partial charge in [0, 0.05) is 30.9 Å². The third kappa shape index (κ3) is 4.64. The third-order valence-electron chi connectivity index (χ3n) is 4.93. The third-order valence-corrected chi connectivity index (χ3v) is 4.93. The molecule has 2 N–H and O–H groups in total. The van der Waals surface area contributed by atoms with Gasteiger partial charge in [0.1, 0.15) is 5.82 Å². The molecule has 0 atom stereocenters. The molecule has 1 fully saturated rings. The Morgan fingerprint density at radius 2 is 2.07 bits per heavy atom. The molecule has 3 heterocycles. The molecule has 0 unspecified atom stereocenters. The molecule has 0 spiro atoms. The van der Waals surface area contributed by atoms with Crippen LogP contribution in [-0.2, 0) is 11.2 Å². The number of likely N-dealkylation sites (tertiary alicyclic amines) is 1. The Kier molecular flexibility index (Phi) is 5.73. The minimum atomic E-state index is -0.246. The number of carbonyl (C=O) groups is 2. The number of furan rings is 1. The lowest BCUT2D eigenvalue weighted by Crippen LogP contribution is -2.42. The van der Waals surface area contributed by atoms with Crippen molar-refractivity contribution in [2.75, 3.05) is 19.6 Å². The summed E-state index contributed by atoms with van der Waals surface area (Å²) in [5.41, 5.74) is 0.780. The number of aromatic nitrogens is 2.